The highest BCUT2D eigenvalue weighted by atomic mass is 16.2. The van der Waals surface area contributed by atoms with E-state index < -0.39 is 0 Å². The van der Waals surface area contributed by atoms with E-state index in [2.05, 4.69) is 47.7 Å². The second kappa shape index (κ2) is 6.87. The van der Waals surface area contributed by atoms with Crippen LogP contribution in [0.2, 0.25) is 0 Å². The molecule has 0 saturated carbocycles. The molecule has 0 radical (unpaired) electrons. The Morgan fingerprint density at radius 2 is 2.08 bits per heavy atom. The fourth-order valence-corrected chi connectivity index (χ4v) is 4.10. The van der Waals surface area contributed by atoms with E-state index in [0.717, 1.165) is 25.8 Å². The Bertz CT molecular complexity index is 587. The fourth-order valence-electron chi connectivity index (χ4n) is 4.10. The fraction of sp³-hybridized carbons (Fsp3) is 0.789. The highest BCUT2D eigenvalue weighted by molar-refractivity contribution is 5.78. The van der Waals surface area contributed by atoms with Gasteiger partial charge in [-0.15, -0.1) is 0 Å². The number of carbonyl (C=O) groups excluding carboxylic acids is 1. The maximum absolute atomic E-state index is 12.6. The zero-order valence-electron chi connectivity index (χ0n) is 15.6. The number of hydrogen-bond acceptors (Lipinski definition) is 3. The molecule has 1 aliphatic heterocycles. The predicted octanol–water partition coefficient (Wildman–Crippen LogP) is 3.01. The lowest BCUT2D eigenvalue weighted by Crippen LogP contribution is -2.45. The lowest BCUT2D eigenvalue weighted by atomic mass is 9.92. The molecule has 1 N–H and O–H groups in total. The molecular weight excluding hydrogens is 300 g/mol. The normalized spacial score (nSPS) is 25.3. The Morgan fingerprint density at radius 3 is 2.79 bits per heavy atom. The smallest absolute Gasteiger partial charge is 0.234 e. The summed E-state index contributed by atoms with van der Waals surface area (Å²) in [5.74, 6) is 0.158. The summed E-state index contributed by atoms with van der Waals surface area (Å²) in [4.78, 5) is 14.9. The molecule has 3 rings (SSSR count). The Hall–Kier alpha value is -1.36. The van der Waals surface area contributed by atoms with E-state index in [4.69, 9.17) is 0 Å². The molecular formula is C19H32N4O. The van der Waals surface area contributed by atoms with E-state index in [9.17, 15) is 4.79 Å². The van der Waals surface area contributed by atoms with Gasteiger partial charge in [0, 0.05) is 17.3 Å². The molecule has 1 aliphatic carbocycles. The molecule has 1 amide bonds. The number of fused-ring (bicyclic) bond motifs is 1. The second-order valence-corrected chi connectivity index (χ2v) is 8.46. The number of carbonyl (C=O) groups is 1. The number of nitrogens with one attached hydrogen (secondary N) is 1. The van der Waals surface area contributed by atoms with E-state index in [1.54, 1.807) is 0 Å². The van der Waals surface area contributed by atoms with Gasteiger partial charge < -0.3 is 5.32 Å². The number of amides is 1. The summed E-state index contributed by atoms with van der Waals surface area (Å²) in [6.07, 6.45) is 8.86. The quantitative estimate of drug-likeness (QED) is 0.926. The lowest BCUT2D eigenvalue weighted by Gasteiger charge is -2.33. The summed E-state index contributed by atoms with van der Waals surface area (Å²) in [6, 6.07) is 0.646. The van der Waals surface area contributed by atoms with Crippen molar-refractivity contribution in [2.24, 2.45) is 0 Å². The van der Waals surface area contributed by atoms with Crippen LogP contribution in [0, 0.1) is 0 Å². The molecule has 1 aromatic rings. The molecule has 2 atom stereocenters. The van der Waals surface area contributed by atoms with Gasteiger partial charge in [-0.05, 0) is 66.3 Å². The van der Waals surface area contributed by atoms with Crippen molar-refractivity contribution in [3.63, 3.8) is 0 Å². The zero-order chi connectivity index (χ0) is 17.3. The summed E-state index contributed by atoms with van der Waals surface area (Å²) in [7, 11) is 0. The first-order valence-corrected chi connectivity index (χ1v) is 9.47. The van der Waals surface area contributed by atoms with Crippen LogP contribution in [0.3, 0.4) is 0 Å². The van der Waals surface area contributed by atoms with Crippen LogP contribution >= 0.6 is 0 Å². The average Bonchev–Trinajstić information content (AvgIpc) is 2.95. The van der Waals surface area contributed by atoms with E-state index >= 15 is 0 Å². The minimum Gasteiger partial charge on any atom is -0.348 e. The van der Waals surface area contributed by atoms with Gasteiger partial charge in [0.15, 0.2) is 0 Å². The molecule has 134 valence electrons. The van der Waals surface area contributed by atoms with Crippen LogP contribution in [-0.2, 0) is 16.8 Å². The molecule has 0 aromatic carbocycles. The van der Waals surface area contributed by atoms with E-state index in [1.165, 1.54) is 30.5 Å². The van der Waals surface area contributed by atoms with Crippen LogP contribution in [0.1, 0.15) is 77.1 Å². The SMILES string of the molecule is C[C@@H]1CCCCN1CC(=O)N[C@H]1CCCc2c1cnn2C(C)(C)C. The van der Waals surface area contributed by atoms with E-state index in [1.807, 2.05) is 6.20 Å². The number of hydrogen-bond donors (Lipinski definition) is 1. The molecule has 24 heavy (non-hydrogen) atoms. The van der Waals surface area contributed by atoms with Crippen LogP contribution in [0.4, 0.5) is 0 Å². The summed E-state index contributed by atoms with van der Waals surface area (Å²) >= 11 is 0. The predicted molar refractivity (Wildman–Crippen MR) is 95.9 cm³/mol. The van der Waals surface area contributed by atoms with Crippen molar-refractivity contribution in [1.29, 1.82) is 0 Å². The molecule has 5 nitrogen and oxygen atoms in total. The molecule has 2 aliphatic rings. The third-order valence-corrected chi connectivity index (χ3v) is 5.44. The summed E-state index contributed by atoms with van der Waals surface area (Å²) in [6.45, 7) is 10.4. The van der Waals surface area contributed by atoms with Gasteiger partial charge in [0.05, 0.1) is 24.3 Å². The molecule has 1 saturated heterocycles. The molecule has 2 heterocycles. The molecule has 1 aromatic heterocycles. The van der Waals surface area contributed by atoms with Gasteiger partial charge >= 0.3 is 0 Å². The van der Waals surface area contributed by atoms with Crippen LogP contribution in [0.5, 0.6) is 0 Å². The minimum absolute atomic E-state index is 0.0112. The van der Waals surface area contributed by atoms with E-state index in [-0.39, 0.29) is 17.5 Å². The van der Waals surface area contributed by atoms with Crippen LogP contribution in [0.15, 0.2) is 6.20 Å². The monoisotopic (exact) mass is 332 g/mol. The van der Waals surface area contributed by atoms with Crippen molar-refractivity contribution < 1.29 is 4.79 Å². The Labute approximate surface area is 145 Å². The molecule has 0 spiro atoms. The van der Waals surface area contributed by atoms with Gasteiger partial charge in [0.2, 0.25) is 5.91 Å². The van der Waals surface area contributed by atoms with Crippen LogP contribution < -0.4 is 5.32 Å². The molecule has 0 bridgehead atoms. The highest BCUT2D eigenvalue weighted by Crippen LogP contribution is 2.32. The first-order valence-electron chi connectivity index (χ1n) is 9.47. The van der Waals surface area contributed by atoms with Crippen LogP contribution in [-0.4, -0.2) is 39.7 Å². The van der Waals surface area contributed by atoms with Crippen molar-refractivity contribution in [1.82, 2.24) is 20.0 Å². The Kier molecular flexibility index (Phi) is 5.00. The molecule has 0 unspecified atom stereocenters. The summed E-state index contributed by atoms with van der Waals surface area (Å²) < 4.78 is 2.13. The Morgan fingerprint density at radius 1 is 1.29 bits per heavy atom. The second-order valence-electron chi connectivity index (χ2n) is 8.46. The van der Waals surface area contributed by atoms with Crippen molar-refractivity contribution in [3.8, 4) is 0 Å². The number of piperidine rings is 1. The maximum Gasteiger partial charge on any atom is 0.234 e. The van der Waals surface area contributed by atoms with Crippen molar-refractivity contribution in [3.05, 3.63) is 17.5 Å². The number of likely N-dealkylation sites (tertiary alicyclic amines) is 1. The number of rotatable bonds is 3. The number of aromatic nitrogens is 2. The summed E-state index contributed by atoms with van der Waals surface area (Å²) in [5.41, 5.74) is 2.50. The highest BCUT2D eigenvalue weighted by Gasteiger charge is 2.29. The van der Waals surface area contributed by atoms with Crippen LogP contribution in [0.25, 0.3) is 0 Å². The lowest BCUT2D eigenvalue weighted by molar-refractivity contribution is -0.123. The topological polar surface area (TPSA) is 50.2 Å². The van der Waals surface area contributed by atoms with Gasteiger partial charge in [-0.2, -0.15) is 5.10 Å². The van der Waals surface area contributed by atoms with E-state index in [0.29, 0.717) is 12.6 Å². The standard InChI is InChI=1S/C19H32N4O/c1-14-8-5-6-11-22(14)13-18(24)21-16-9-7-10-17-15(16)12-20-23(17)19(2,3)4/h12,14,16H,5-11,13H2,1-4H3,(H,21,24)/t14-,16+/m1/s1. The first-order chi connectivity index (χ1) is 11.4. The van der Waals surface area contributed by atoms with Gasteiger partial charge in [0.25, 0.3) is 0 Å². The van der Waals surface area contributed by atoms with Gasteiger partial charge in [0.1, 0.15) is 0 Å². The van der Waals surface area contributed by atoms with Crippen molar-refractivity contribution >= 4 is 5.91 Å². The van der Waals surface area contributed by atoms with Gasteiger partial charge in [-0.25, -0.2) is 0 Å². The third-order valence-electron chi connectivity index (χ3n) is 5.44. The zero-order valence-corrected chi connectivity index (χ0v) is 15.6. The first kappa shape index (κ1) is 17.5. The number of nitrogens with zero attached hydrogens (tertiary/aromatic N) is 3. The van der Waals surface area contributed by atoms with Gasteiger partial charge in [-0.1, -0.05) is 6.42 Å². The largest absolute Gasteiger partial charge is 0.348 e. The van der Waals surface area contributed by atoms with Crippen molar-refractivity contribution in [2.45, 2.75) is 83.8 Å². The molecule has 1 fully saturated rings. The maximum atomic E-state index is 12.6. The summed E-state index contributed by atoms with van der Waals surface area (Å²) in [5, 5.41) is 7.88. The van der Waals surface area contributed by atoms with Crippen molar-refractivity contribution in [2.75, 3.05) is 13.1 Å². The Balaban J connectivity index is 1.67. The molecule has 5 heteroatoms. The average molecular weight is 332 g/mol. The third kappa shape index (κ3) is 3.66. The minimum atomic E-state index is -0.0112. The van der Waals surface area contributed by atoms with Gasteiger partial charge in [-0.3, -0.25) is 14.4 Å².